The van der Waals surface area contributed by atoms with E-state index < -0.39 is 0 Å². The number of hydrogen-bond acceptors (Lipinski definition) is 3. The van der Waals surface area contributed by atoms with E-state index in [-0.39, 0.29) is 0 Å². The molecule has 0 bridgehead atoms. The van der Waals surface area contributed by atoms with Crippen LogP contribution in [0.4, 0.5) is 5.69 Å². The van der Waals surface area contributed by atoms with E-state index in [2.05, 4.69) is 5.16 Å². The molecule has 1 N–H and O–H groups in total. The molecule has 3 heteroatoms. The largest absolute Gasteiger partial charge is 0.411 e. The van der Waals surface area contributed by atoms with Gasteiger partial charge in [-0.2, -0.15) is 0 Å². The van der Waals surface area contributed by atoms with E-state index in [9.17, 15) is 0 Å². The minimum Gasteiger partial charge on any atom is -0.411 e. The lowest BCUT2D eigenvalue weighted by molar-refractivity contribution is 0.322. The predicted molar refractivity (Wildman–Crippen MR) is 50.1 cm³/mol. The second-order valence-electron chi connectivity index (χ2n) is 2.70. The lowest BCUT2D eigenvalue weighted by atomic mass is 10.2. The van der Waals surface area contributed by atoms with Crippen LogP contribution < -0.4 is 4.90 Å². The summed E-state index contributed by atoms with van der Waals surface area (Å²) in [4.78, 5) is 1.97. The van der Waals surface area contributed by atoms with E-state index in [0.717, 1.165) is 11.3 Å². The quantitative estimate of drug-likeness (QED) is 0.409. The van der Waals surface area contributed by atoms with Gasteiger partial charge in [0.1, 0.15) is 0 Å². The standard InChI is InChI=1S/C9H12N2O/c1-11(2)9-6-4-3-5-8(9)7-10-12/h3-7,12H,1-2H3/b10-7-. The van der Waals surface area contributed by atoms with Gasteiger partial charge in [0.15, 0.2) is 0 Å². The van der Waals surface area contributed by atoms with Crippen LogP contribution in [0.25, 0.3) is 0 Å². The molecular formula is C9H12N2O. The van der Waals surface area contributed by atoms with Gasteiger partial charge in [0.05, 0.1) is 6.21 Å². The molecule has 12 heavy (non-hydrogen) atoms. The zero-order valence-corrected chi connectivity index (χ0v) is 7.23. The molecule has 0 aliphatic rings. The van der Waals surface area contributed by atoms with Gasteiger partial charge in [-0.3, -0.25) is 0 Å². The van der Waals surface area contributed by atoms with Crippen LogP contribution in [0.15, 0.2) is 29.4 Å². The molecule has 1 aromatic carbocycles. The maximum Gasteiger partial charge on any atom is 0.0754 e. The zero-order chi connectivity index (χ0) is 8.97. The SMILES string of the molecule is CN(C)c1ccccc1/C=N\O. The van der Waals surface area contributed by atoms with Gasteiger partial charge in [-0.15, -0.1) is 0 Å². The number of anilines is 1. The summed E-state index contributed by atoms with van der Waals surface area (Å²) in [7, 11) is 3.90. The first-order valence-corrected chi connectivity index (χ1v) is 3.69. The van der Waals surface area contributed by atoms with Crippen molar-refractivity contribution in [2.75, 3.05) is 19.0 Å². The molecule has 0 fully saturated rings. The van der Waals surface area contributed by atoms with Crippen molar-refractivity contribution in [3.05, 3.63) is 29.8 Å². The number of hydrogen-bond donors (Lipinski definition) is 1. The third-order valence-corrected chi connectivity index (χ3v) is 1.62. The fourth-order valence-corrected chi connectivity index (χ4v) is 1.07. The van der Waals surface area contributed by atoms with E-state index >= 15 is 0 Å². The van der Waals surface area contributed by atoms with Crippen LogP contribution in [-0.4, -0.2) is 25.5 Å². The average molecular weight is 164 g/mol. The highest BCUT2D eigenvalue weighted by molar-refractivity contribution is 5.87. The monoisotopic (exact) mass is 164 g/mol. The van der Waals surface area contributed by atoms with Crippen LogP contribution in [-0.2, 0) is 0 Å². The van der Waals surface area contributed by atoms with E-state index in [1.807, 2.05) is 43.3 Å². The highest BCUT2D eigenvalue weighted by Gasteiger charge is 1.99. The smallest absolute Gasteiger partial charge is 0.0754 e. The zero-order valence-electron chi connectivity index (χ0n) is 7.23. The molecule has 0 aromatic heterocycles. The summed E-state index contributed by atoms with van der Waals surface area (Å²) < 4.78 is 0. The Bertz CT molecular complexity index is 282. The summed E-state index contributed by atoms with van der Waals surface area (Å²) >= 11 is 0. The normalized spacial score (nSPS) is 10.5. The first-order chi connectivity index (χ1) is 5.75. The van der Waals surface area contributed by atoms with Crippen LogP contribution in [0.1, 0.15) is 5.56 Å². The maximum absolute atomic E-state index is 8.38. The van der Waals surface area contributed by atoms with Gasteiger partial charge in [-0.1, -0.05) is 23.4 Å². The van der Waals surface area contributed by atoms with Gasteiger partial charge < -0.3 is 10.1 Å². The van der Waals surface area contributed by atoms with E-state index in [4.69, 9.17) is 5.21 Å². The Morgan fingerprint density at radius 3 is 2.58 bits per heavy atom. The van der Waals surface area contributed by atoms with Crippen molar-refractivity contribution in [1.82, 2.24) is 0 Å². The van der Waals surface area contributed by atoms with Crippen LogP contribution in [0, 0.1) is 0 Å². The molecular weight excluding hydrogens is 152 g/mol. The molecule has 0 heterocycles. The van der Waals surface area contributed by atoms with Gasteiger partial charge in [0.25, 0.3) is 0 Å². The first kappa shape index (κ1) is 8.59. The second kappa shape index (κ2) is 3.76. The Morgan fingerprint density at radius 2 is 2.00 bits per heavy atom. The molecule has 0 saturated carbocycles. The molecule has 0 aliphatic heterocycles. The first-order valence-electron chi connectivity index (χ1n) is 3.69. The highest BCUT2D eigenvalue weighted by Crippen LogP contribution is 2.15. The summed E-state index contributed by atoms with van der Waals surface area (Å²) in [6, 6.07) is 7.72. The summed E-state index contributed by atoms with van der Waals surface area (Å²) in [6.45, 7) is 0. The Hall–Kier alpha value is -1.51. The van der Waals surface area contributed by atoms with Crippen molar-refractivity contribution in [3.63, 3.8) is 0 Å². The minimum absolute atomic E-state index is 0.907. The number of oxime groups is 1. The summed E-state index contributed by atoms with van der Waals surface area (Å²) in [5, 5.41) is 11.4. The van der Waals surface area contributed by atoms with Crippen molar-refractivity contribution in [3.8, 4) is 0 Å². The highest BCUT2D eigenvalue weighted by atomic mass is 16.4. The molecule has 0 radical (unpaired) electrons. The van der Waals surface area contributed by atoms with E-state index in [1.54, 1.807) is 0 Å². The van der Waals surface area contributed by atoms with Crippen molar-refractivity contribution in [2.45, 2.75) is 0 Å². The molecule has 0 atom stereocenters. The van der Waals surface area contributed by atoms with Crippen LogP contribution in [0.2, 0.25) is 0 Å². The Kier molecular flexibility index (Phi) is 2.69. The van der Waals surface area contributed by atoms with Gasteiger partial charge in [-0.05, 0) is 6.07 Å². The Labute approximate surface area is 71.9 Å². The van der Waals surface area contributed by atoms with Gasteiger partial charge in [-0.25, -0.2) is 0 Å². The Balaban J connectivity index is 3.08. The van der Waals surface area contributed by atoms with Crippen LogP contribution in [0.3, 0.4) is 0 Å². The van der Waals surface area contributed by atoms with E-state index in [1.165, 1.54) is 6.21 Å². The van der Waals surface area contributed by atoms with Crippen LogP contribution >= 0.6 is 0 Å². The molecule has 3 nitrogen and oxygen atoms in total. The number of para-hydroxylation sites is 1. The van der Waals surface area contributed by atoms with Gasteiger partial charge in [0.2, 0.25) is 0 Å². The topological polar surface area (TPSA) is 35.8 Å². The molecule has 0 aliphatic carbocycles. The third kappa shape index (κ3) is 1.75. The van der Waals surface area contributed by atoms with Crippen LogP contribution in [0.5, 0.6) is 0 Å². The molecule has 1 rings (SSSR count). The summed E-state index contributed by atoms with van der Waals surface area (Å²) in [5.41, 5.74) is 1.94. The second-order valence-corrected chi connectivity index (χ2v) is 2.70. The van der Waals surface area contributed by atoms with E-state index in [0.29, 0.717) is 0 Å². The van der Waals surface area contributed by atoms with Crippen molar-refractivity contribution in [2.24, 2.45) is 5.16 Å². The molecule has 0 saturated heterocycles. The number of benzene rings is 1. The predicted octanol–water partition coefficient (Wildman–Crippen LogP) is 1.56. The molecule has 0 amide bonds. The number of nitrogens with zero attached hydrogens (tertiary/aromatic N) is 2. The number of rotatable bonds is 2. The average Bonchev–Trinajstić information content (AvgIpc) is 2.05. The van der Waals surface area contributed by atoms with Crippen molar-refractivity contribution < 1.29 is 5.21 Å². The van der Waals surface area contributed by atoms with Gasteiger partial charge in [0, 0.05) is 25.3 Å². The molecule has 1 aromatic rings. The summed E-state index contributed by atoms with van der Waals surface area (Å²) in [5.74, 6) is 0. The molecule has 64 valence electrons. The minimum atomic E-state index is 0.907. The molecule has 0 spiro atoms. The summed E-state index contributed by atoms with van der Waals surface area (Å²) in [6.07, 6.45) is 1.43. The lowest BCUT2D eigenvalue weighted by Crippen LogP contribution is -2.10. The lowest BCUT2D eigenvalue weighted by Gasteiger charge is -2.14. The fraction of sp³-hybridized carbons (Fsp3) is 0.222. The fourth-order valence-electron chi connectivity index (χ4n) is 1.07. The Morgan fingerprint density at radius 1 is 1.33 bits per heavy atom. The van der Waals surface area contributed by atoms with Crippen molar-refractivity contribution in [1.29, 1.82) is 0 Å². The maximum atomic E-state index is 8.38. The van der Waals surface area contributed by atoms with Crippen molar-refractivity contribution >= 4 is 11.9 Å². The third-order valence-electron chi connectivity index (χ3n) is 1.62. The van der Waals surface area contributed by atoms with Gasteiger partial charge >= 0.3 is 0 Å². The molecule has 0 unspecified atom stereocenters.